The fraction of sp³-hybridized carbons (Fsp3) is 0.273. The molecule has 2 aromatic carbocycles. The lowest BCUT2D eigenvalue weighted by Gasteiger charge is -2.22. The third-order valence-electron chi connectivity index (χ3n) is 4.50. The summed E-state index contributed by atoms with van der Waals surface area (Å²) in [5.74, 6) is 3.11. The SMILES string of the molecule is CCN(Cc1ccccc1)c1cc(NCc2ccc(OC)c(OC)c2)ncn1. The predicted molar refractivity (Wildman–Crippen MR) is 112 cm³/mol. The van der Waals surface area contributed by atoms with Crippen molar-refractivity contribution in [3.8, 4) is 11.5 Å². The summed E-state index contributed by atoms with van der Waals surface area (Å²) in [5, 5.41) is 3.36. The number of rotatable bonds is 9. The maximum atomic E-state index is 5.37. The minimum atomic E-state index is 0.627. The van der Waals surface area contributed by atoms with E-state index in [0.29, 0.717) is 12.3 Å². The standard InChI is InChI=1S/C22H26N4O2/c1-4-26(15-17-8-6-5-7-9-17)22-13-21(24-16-25-22)23-14-18-10-11-19(27-2)20(12-18)28-3/h5-13,16H,4,14-15H2,1-3H3,(H,23,24,25). The Morgan fingerprint density at radius 1 is 0.893 bits per heavy atom. The normalized spacial score (nSPS) is 10.4. The van der Waals surface area contributed by atoms with Gasteiger partial charge in [0.25, 0.3) is 0 Å². The molecule has 28 heavy (non-hydrogen) atoms. The monoisotopic (exact) mass is 378 g/mol. The second kappa shape index (κ2) is 9.60. The van der Waals surface area contributed by atoms with Crippen LogP contribution in [0.25, 0.3) is 0 Å². The van der Waals surface area contributed by atoms with E-state index in [0.717, 1.165) is 36.0 Å². The molecular formula is C22H26N4O2. The summed E-state index contributed by atoms with van der Waals surface area (Å²) in [6.45, 7) is 4.42. The van der Waals surface area contributed by atoms with Crippen LogP contribution in [-0.4, -0.2) is 30.7 Å². The van der Waals surface area contributed by atoms with E-state index in [1.807, 2.05) is 30.3 Å². The van der Waals surface area contributed by atoms with Crippen LogP contribution in [-0.2, 0) is 13.1 Å². The van der Waals surface area contributed by atoms with Gasteiger partial charge in [-0.15, -0.1) is 0 Å². The number of methoxy groups -OCH3 is 2. The minimum Gasteiger partial charge on any atom is -0.493 e. The highest BCUT2D eigenvalue weighted by molar-refractivity contribution is 5.50. The van der Waals surface area contributed by atoms with Crippen LogP contribution in [0.3, 0.4) is 0 Å². The van der Waals surface area contributed by atoms with Crippen molar-refractivity contribution in [2.45, 2.75) is 20.0 Å². The predicted octanol–water partition coefficient (Wildman–Crippen LogP) is 4.13. The van der Waals surface area contributed by atoms with E-state index in [4.69, 9.17) is 9.47 Å². The Morgan fingerprint density at radius 2 is 1.68 bits per heavy atom. The summed E-state index contributed by atoms with van der Waals surface area (Å²) in [6, 6.07) is 18.2. The van der Waals surface area contributed by atoms with Gasteiger partial charge in [0.05, 0.1) is 14.2 Å². The summed E-state index contributed by atoms with van der Waals surface area (Å²) in [7, 11) is 3.27. The molecule has 0 atom stereocenters. The van der Waals surface area contributed by atoms with Gasteiger partial charge in [-0.2, -0.15) is 0 Å². The van der Waals surface area contributed by atoms with Crippen molar-refractivity contribution in [2.75, 3.05) is 31.0 Å². The molecule has 0 amide bonds. The Balaban J connectivity index is 1.69. The number of benzene rings is 2. The fourth-order valence-corrected chi connectivity index (χ4v) is 2.96. The summed E-state index contributed by atoms with van der Waals surface area (Å²) in [5.41, 5.74) is 2.33. The molecule has 1 aromatic heterocycles. The van der Waals surface area contributed by atoms with E-state index in [-0.39, 0.29) is 0 Å². The van der Waals surface area contributed by atoms with Gasteiger partial charge in [-0.1, -0.05) is 36.4 Å². The van der Waals surface area contributed by atoms with Crippen molar-refractivity contribution in [1.29, 1.82) is 0 Å². The highest BCUT2D eigenvalue weighted by atomic mass is 16.5. The van der Waals surface area contributed by atoms with E-state index in [1.165, 1.54) is 5.56 Å². The smallest absolute Gasteiger partial charge is 0.161 e. The van der Waals surface area contributed by atoms with Crippen molar-refractivity contribution in [1.82, 2.24) is 9.97 Å². The first kappa shape index (κ1) is 19.5. The molecule has 0 spiro atoms. The molecule has 1 N–H and O–H groups in total. The Morgan fingerprint density at radius 3 is 2.39 bits per heavy atom. The van der Waals surface area contributed by atoms with Gasteiger partial charge < -0.3 is 19.7 Å². The molecule has 1 heterocycles. The molecule has 0 radical (unpaired) electrons. The van der Waals surface area contributed by atoms with Gasteiger partial charge in [-0.05, 0) is 30.2 Å². The van der Waals surface area contributed by atoms with Gasteiger partial charge in [0.1, 0.15) is 18.0 Å². The summed E-state index contributed by atoms with van der Waals surface area (Å²) in [6.07, 6.45) is 1.60. The molecule has 0 saturated carbocycles. The molecule has 0 fully saturated rings. The van der Waals surface area contributed by atoms with E-state index in [9.17, 15) is 0 Å². The number of aromatic nitrogens is 2. The molecule has 6 heteroatoms. The van der Waals surface area contributed by atoms with Crippen LogP contribution in [0.5, 0.6) is 11.5 Å². The molecule has 0 bridgehead atoms. The van der Waals surface area contributed by atoms with Crippen LogP contribution in [0.2, 0.25) is 0 Å². The first-order chi connectivity index (χ1) is 13.7. The van der Waals surface area contributed by atoms with Crippen molar-refractivity contribution >= 4 is 11.6 Å². The highest BCUT2D eigenvalue weighted by Crippen LogP contribution is 2.28. The zero-order valence-corrected chi connectivity index (χ0v) is 16.6. The molecule has 3 aromatic rings. The van der Waals surface area contributed by atoms with E-state index >= 15 is 0 Å². The van der Waals surface area contributed by atoms with Crippen LogP contribution in [0.15, 0.2) is 60.9 Å². The van der Waals surface area contributed by atoms with Gasteiger partial charge in [-0.25, -0.2) is 9.97 Å². The average Bonchev–Trinajstić information content (AvgIpc) is 2.76. The van der Waals surface area contributed by atoms with Crippen LogP contribution < -0.4 is 19.7 Å². The van der Waals surface area contributed by atoms with Crippen LogP contribution >= 0.6 is 0 Å². The molecule has 0 unspecified atom stereocenters. The van der Waals surface area contributed by atoms with Crippen LogP contribution in [0.4, 0.5) is 11.6 Å². The molecule has 146 valence electrons. The Hall–Kier alpha value is -3.28. The number of nitrogens with one attached hydrogen (secondary N) is 1. The summed E-state index contributed by atoms with van der Waals surface area (Å²) < 4.78 is 10.7. The Labute approximate surface area is 166 Å². The van der Waals surface area contributed by atoms with Gasteiger partial charge in [0.15, 0.2) is 11.5 Å². The zero-order valence-electron chi connectivity index (χ0n) is 16.6. The number of nitrogens with zero attached hydrogens (tertiary/aromatic N) is 3. The van der Waals surface area contributed by atoms with Gasteiger partial charge in [-0.3, -0.25) is 0 Å². The molecule has 0 aliphatic heterocycles. The number of hydrogen-bond donors (Lipinski definition) is 1. The van der Waals surface area contributed by atoms with E-state index in [1.54, 1.807) is 20.5 Å². The van der Waals surface area contributed by atoms with E-state index < -0.39 is 0 Å². The third-order valence-corrected chi connectivity index (χ3v) is 4.50. The molecule has 6 nitrogen and oxygen atoms in total. The topological polar surface area (TPSA) is 59.5 Å². The number of hydrogen-bond acceptors (Lipinski definition) is 6. The summed E-state index contributed by atoms with van der Waals surface area (Å²) >= 11 is 0. The van der Waals surface area contributed by atoms with Crippen molar-refractivity contribution < 1.29 is 9.47 Å². The lowest BCUT2D eigenvalue weighted by Crippen LogP contribution is -2.23. The zero-order chi connectivity index (χ0) is 19.8. The molecule has 0 aliphatic rings. The largest absolute Gasteiger partial charge is 0.493 e. The second-order valence-corrected chi connectivity index (χ2v) is 6.30. The fourth-order valence-electron chi connectivity index (χ4n) is 2.96. The van der Waals surface area contributed by atoms with Gasteiger partial charge in [0.2, 0.25) is 0 Å². The third kappa shape index (κ3) is 4.91. The van der Waals surface area contributed by atoms with Gasteiger partial charge in [0, 0.05) is 25.7 Å². The van der Waals surface area contributed by atoms with Crippen molar-refractivity contribution in [3.05, 3.63) is 72.1 Å². The van der Waals surface area contributed by atoms with Crippen molar-refractivity contribution in [2.24, 2.45) is 0 Å². The Bertz CT molecular complexity index is 887. The molecule has 0 aliphatic carbocycles. The van der Waals surface area contributed by atoms with Gasteiger partial charge >= 0.3 is 0 Å². The molecule has 0 saturated heterocycles. The van der Waals surface area contributed by atoms with E-state index in [2.05, 4.69) is 51.4 Å². The number of ether oxygens (including phenoxy) is 2. The lowest BCUT2D eigenvalue weighted by atomic mass is 10.2. The molecular weight excluding hydrogens is 352 g/mol. The quantitative estimate of drug-likeness (QED) is 0.604. The Kier molecular flexibility index (Phi) is 6.68. The maximum absolute atomic E-state index is 5.37. The number of anilines is 2. The highest BCUT2D eigenvalue weighted by Gasteiger charge is 2.09. The average molecular weight is 378 g/mol. The van der Waals surface area contributed by atoms with Crippen molar-refractivity contribution in [3.63, 3.8) is 0 Å². The lowest BCUT2D eigenvalue weighted by molar-refractivity contribution is 0.354. The maximum Gasteiger partial charge on any atom is 0.161 e. The minimum absolute atomic E-state index is 0.627. The molecule has 3 rings (SSSR count). The first-order valence-corrected chi connectivity index (χ1v) is 9.29. The second-order valence-electron chi connectivity index (χ2n) is 6.30. The first-order valence-electron chi connectivity index (χ1n) is 9.29. The van der Waals surface area contributed by atoms with Crippen LogP contribution in [0.1, 0.15) is 18.1 Å². The summed E-state index contributed by atoms with van der Waals surface area (Å²) in [4.78, 5) is 11.0. The van der Waals surface area contributed by atoms with Crippen LogP contribution in [0, 0.1) is 0 Å².